The largest absolute Gasteiger partial charge is 0.0922 e. The number of fused-ring (bicyclic) bond motifs is 1. The summed E-state index contributed by atoms with van der Waals surface area (Å²) in [5, 5.41) is 1.14. The molecule has 0 amide bonds. The Kier molecular flexibility index (Phi) is 3.06. The molecule has 0 radical (unpaired) electrons. The van der Waals surface area contributed by atoms with E-state index in [1.54, 1.807) is 16.7 Å². The van der Waals surface area contributed by atoms with Crippen molar-refractivity contribution in [2.75, 3.05) is 5.33 Å². The molecule has 0 aromatic heterocycles. The Bertz CT molecular complexity index is 420. The zero-order valence-corrected chi connectivity index (χ0v) is 12.2. The molecule has 0 nitrogen and oxygen atoms in total. The van der Waals surface area contributed by atoms with Crippen molar-refractivity contribution in [1.82, 2.24) is 0 Å². The highest BCUT2D eigenvalue weighted by Crippen LogP contribution is 2.48. The van der Waals surface area contributed by atoms with Gasteiger partial charge in [-0.05, 0) is 66.5 Å². The van der Waals surface area contributed by atoms with Crippen molar-refractivity contribution in [2.45, 2.75) is 45.4 Å². The van der Waals surface area contributed by atoms with Crippen LogP contribution in [0.5, 0.6) is 0 Å². The Morgan fingerprint density at radius 1 is 1.24 bits per heavy atom. The molecule has 0 bridgehead atoms. The molecule has 1 unspecified atom stereocenters. The maximum Gasteiger partial charge on any atom is 0.00911 e. The molecular formula is C16H21Br. The fourth-order valence-electron chi connectivity index (χ4n) is 3.28. The van der Waals surface area contributed by atoms with Gasteiger partial charge in [0, 0.05) is 5.33 Å². The van der Waals surface area contributed by atoms with Gasteiger partial charge < -0.3 is 0 Å². The van der Waals surface area contributed by atoms with Crippen molar-refractivity contribution in [2.24, 2.45) is 11.3 Å². The molecule has 3 rings (SSSR count). The van der Waals surface area contributed by atoms with E-state index in [1.807, 2.05) is 0 Å². The Morgan fingerprint density at radius 2 is 2.00 bits per heavy atom. The van der Waals surface area contributed by atoms with Gasteiger partial charge in [-0.1, -0.05) is 41.1 Å². The van der Waals surface area contributed by atoms with Crippen LogP contribution in [-0.4, -0.2) is 5.33 Å². The predicted molar refractivity (Wildman–Crippen MR) is 76.8 cm³/mol. The molecule has 0 saturated heterocycles. The quantitative estimate of drug-likeness (QED) is 0.716. The van der Waals surface area contributed by atoms with Gasteiger partial charge in [-0.3, -0.25) is 0 Å². The first kappa shape index (κ1) is 11.8. The van der Waals surface area contributed by atoms with Gasteiger partial charge in [0.05, 0.1) is 0 Å². The summed E-state index contributed by atoms with van der Waals surface area (Å²) in [5.74, 6) is 0.954. The van der Waals surface area contributed by atoms with Crippen LogP contribution in [0.25, 0.3) is 0 Å². The monoisotopic (exact) mass is 292 g/mol. The Labute approximate surface area is 113 Å². The molecule has 2 aliphatic carbocycles. The van der Waals surface area contributed by atoms with Crippen LogP contribution < -0.4 is 0 Å². The second-order valence-corrected chi connectivity index (χ2v) is 6.76. The molecular weight excluding hydrogens is 272 g/mol. The van der Waals surface area contributed by atoms with Crippen LogP contribution in [-0.2, 0) is 19.3 Å². The lowest BCUT2D eigenvalue weighted by atomic mass is 9.80. The first-order chi connectivity index (χ1) is 8.21. The van der Waals surface area contributed by atoms with Crippen LogP contribution in [0, 0.1) is 11.3 Å². The zero-order valence-electron chi connectivity index (χ0n) is 10.6. The van der Waals surface area contributed by atoms with E-state index in [9.17, 15) is 0 Å². The molecule has 1 aromatic carbocycles. The standard InChI is InChI=1S/C16H21Br/c1-16(11-17,15-7-8-15)10-12-5-6-13-3-2-4-14(13)9-12/h5-6,9,15H,2-4,7-8,10-11H2,1H3. The summed E-state index contributed by atoms with van der Waals surface area (Å²) >= 11 is 3.73. The fourth-order valence-corrected chi connectivity index (χ4v) is 3.94. The van der Waals surface area contributed by atoms with E-state index in [2.05, 4.69) is 41.1 Å². The molecule has 1 atom stereocenters. The van der Waals surface area contributed by atoms with Gasteiger partial charge in [0.25, 0.3) is 0 Å². The van der Waals surface area contributed by atoms with Gasteiger partial charge in [-0.2, -0.15) is 0 Å². The van der Waals surface area contributed by atoms with E-state index in [0.717, 1.165) is 11.2 Å². The number of hydrogen-bond acceptors (Lipinski definition) is 0. The molecule has 1 fully saturated rings. The molecule has 0 aliphatic heterocycles. The van der Waals surface area contributed by atoms with E-state index in [4.69, 9.17) is 0 Å². The van der Waals surface area contributed by atoms with Gasteiger partial charge in [0.2, 0.25) is 0 Å². The first-order valence-electron chi connectivity index (χ1n) is 6.88. The average molecular weight is 293 g/mol. The minimum absolute atomic E-state index is 0.479. The lowest BCUT2D eigenvalue weighted by Crippen LogP contribution is -2.24. The zero-order chi connectivity index (χ0) is 11.9. The maximum absolute atomic E-state index is 3.73. The van der Waals surface area contributed by atoms with Crippen LogP contribution in [0.3, 0.4) is 0 Å². The summed E-state index contributed by atoms with van der Waals surface area (Å²) in [6.07, 6.45) is 8.08. The topological polar surface area (TPSA) is 0 Å². The van der Waals surface area contributed by atoms with E-state index < -0.39 is 0 Å². The molecule has 92 valence electrons. The van der Waals surface area contributed by atoms with E-state index >= 15 is 0 Å². The summed E-state index contributed by atoms with van der Waals surface area (Å²) in [6, 6.07) is 7.22. The van der Waals surface area contributed by atoms with Crippen molar-refractivity contribution in [1.29, 1.82) is 0 Å². The molecule has 2 aliphatic rings. The number of rotatable bonds is 4. The second kappa shape index (κ2) is 4.42. The van der Waals surface area contributed by atoms with Crippen molar-refractivity contribution in [3.8, 4) is 0 Å². The lowest BCUT2D eigenvalue weighted by Gasteiger charge is -2.27. The van der Waals surface area contributed by atoms with Crippen molar-refractivity contribution >= 4 is 15.9 Å². The molecule has 1 heteroatoms. The number of alkyl halides is 1. The minimum atomic E-state index is 0.479. The third kappa shape index (κ3) is 2.31. The van der Waals surface area contributed by atoms with Crippen molar-refractivity contribution in [3.05, 3.63) is 34.9 Å². The van der Waals surface area contributed by atoms with Crippen LogP contribution in [0.1, 0.15) is 42.9 Å². The number of benzene rings is 1. The lowest BCUT2D eigenvalue weighted by molar-refractivity contribution is 0.319. The molecule has 0 spiro atoms. The van der Waals surface area contributed by atoms with Gasteiger partial charge in [0.1, 0.15) is 0 Å². The highest BCUT2D eigenvalue weighted by atomic mass is 79.9. The third-order valence-corrected chi connectivity index (χ3v) is 5.92. The number of hydrogen-bond donors (Lipinski definition) is 0. The van der Waals surface area contributed by atoms with E-state index in [0.29, 0.717) is 5.41 Å². The molecule has 0 heterocycles. The Morgan fingerprint density at radius 3 is 2.71 bits per heavy atom. The second-order valence-electron chi connectivity index (χ2n) is 6.20. The van der Waals surface area contributed by atoms with Crippen LogP contribution in [0.15, 0.2) is 18.2 Å². The number of aryl methyl sites for hydroxylation is 2. The highest BCUT2D eigenvalue weighted by molar-refractivity contribution is 9.09. The fraction of sp³-hybridized carbons (Fsp3) is 0.625. The van der Waals surface area contributed by atoms with Crippen LogP contribution in [0.4, 0.5) is 0 Å². The van der Waals surface area contributed by atoms with Gasteiger partial charge >= 0.3 is 0 Å². The SMILES string of the molecule is CC(CBr)(Cc1ccc2c(c1)CCC2)C1CC1. The minimum Gasteiger partial charge on any atom is -0.0922 e. The summed E-state index contributed by atoms with van der Waals surface area (Å²) in [6.45, 7) is 2.45. The summed E-state index contributed by atoms with van der Waals surface area (Å²) in [4.78, 5) is 0. The van der Waals surface area contributed by atoms with Crippen molar-refractivity contribution in [3.63, 3.8) is 0 Å². The average Bonchev–Trinajstić information content (AvgIpc) is 3.09. The van der Waals surface area contributed by atoms with Crippen LogP contribution >= 0.6 is 15.9 Å². The smallest absolute Gasteiger partial charge is 0.00911 e. The predicted octanol–water partition coefficient (Wildman–Crippen LogP) is 4.53. The summed E-state index contributed by atoms with van der Waals surface area (Å²) in [5.41, 5.74) is 5.25. The summed E-state index contributed by atoms with van der Waals surface area (Å²) in [7, 11) is 0. The Hall–Kier alpha value is -0.300. The van der Waals surface area contributed by atoms with E-state index in [-0.39, 0.29) is 0 Å². The molecule has 1 saturated carbocycles. The summed E-state index contributed by atoms with van der Waals surface area (Å²) < 4.78 is 0. The van der Waals surface area contributed by atoms with E-state index in [1.165, 1.54) is 38.5 Å². The van der Waals surface area contributed by atoms with Gasteiger partial charge in [-0.25, -0.2) is 0 Å². The van der Waals surface area contributed by atoms with Crippen molar-refractivity contribution < 1.29 is 0 Å². The van der Waals surface area contributed by atoms with Gasteiger partial charge in [0.15, 0.2) is 0 Å². The number of halogens is 1. The molecule has 1 aromatic rings. The third-order valence-electron chi connectivity index (χ3n) is 4.64. The molecule has 0 N–H and O–H groups in total. The highest BCUT2D eigenvalue weighted by Gasteiger charge is 2.40. The molecule has 17 heavy (non-hydrogen) atoms. The maximum atomic E-state index is 3.73. The van der Waals surface area contributed by atoms with Gasteiger partial charge in [-0.15, -0.1) is 0 Å². The first-order valence-corrected chi connectivity index (χ1v) is 8.00. The Balaban J connectivity index is 1.80. The van der Waals surface area contributed by atoms with Crippen LogP contribution in [0.2, 0.25) is 0 Å². The normalized spacial score (nSPS) is 22.2.